The van der Waals surface area contributed by atoms with Crippen LogP contribution in [0.3, 0.4) is 0 Å². The van der Waals surface area contributed by atoms with Gasteiger partial charge in [-0.05, 0) is 24.6 Å². The third-order valence-corrected chi connectivity index (χ3v) is 6.73. The Bertz CT molecular complexity index is 1430. The Hall–Kier alpha value is -4.30. The van der Waals surface area contributed by atoms with Crippen LogP contribution in [-0.4, -0.2) is 32.3 Å². The maximum Gasteiger partial charge on any atom is 0.230 e. The van der Waals surface area contributed by atoms with E-state index in [4.69, 9.17) is 9.72 Å². The van der Waals surface area contributed by atoms with Gasteiger partial charge < -0.3 is 10.1 Å². The number of hydrogen-bond acceptors (Lipinski definition) is 6. The highest BCUT2D eigenvalue weighted by Crippen LogP contribution is 2.36. The number of nitrogens with one attached hydrogen (secondary N) is 1. The summed E-state index contributed by atoms with van der Waals surface area (Å²) >= 11 is 1.61. The van der Waals surface area contributed by atoms with Crippen LogP contribution in [0, 0.1) is 6.92 Å². The highest BCUT2D eigenvalue weighted by atomic mass is 32.1. The fourth-order valence-electron chi connectivity index (χ4n) is 3.73. The molecule has 8 heteroatoms. The monoisotopic (exact) mass is 495 g/mol. The Labute approximate surface area is 213 Å². The van der Waals surface area contributed by atoms with Crippen molar-refractivity contribution in [3.05, 3.63) is 103 Å². The summed E-state index contributed by atoms with van der Waals surface area (Å²) in [5.41, 5.74) is 4.73. The minimum absolute atomic E-state index is 0.131. The van der Waals surface area contributed by atoms with Crippen molar-refractivity contribution in [2.24, 2.45) is 0 Å². The van der Waals surface area contributed by atoms with Crippen molar-refractivity contribution < 1.29 is 9.53 Å². The molecule has 0 radical (unpaired) electrons. The number of nitrogens with zero attached hydrogens (tertiary/aromatic N) is 4. The molecule has 0 aliphatic heterocycles. The fraction of sp³-hybridized carbons (Fsp3) is 0.143. The molecule has 0 bridgehead atoms. The number of carbonyl (C=O) groups is 1. The lowest BCUT2D eigenvalue weighted by atomic mass is 10.1. The fourth-order valence-corrected chi connectivity index (χ4v) is 4.83. The van der Waals surface area contributed by atoms with Gasteiger partial charge in [0.2, 0.25) is 5.91 Å². The van der Waals surface area contributed by atoms with Crippen LogP contribution in [0.15, 0.2) is 91.5 Å². The van der Waals surface area contributed by atoms with Crippen molar-refractivity contribution in [2.45, 2.75) is 19.9 Å². The second-order valence-electron chi connectivity index (χ2n) is 8.29. The molecule has 0 atom stereocenters. The number of carbonyl (C=O) groups excluding carboxylic acids is 1. The number of benzene rings is 3. The van der Waals surface area contributed by atoms with Gasteiger partial charge in [-0.3, -0.25) is 4.79 Å². The predicted octanol–water partition coefficient (Wildman–Crippen LogP) is 5.64. The van der Waals surface area contributed by atoms with Gasteiger partial charge in [-0.2, -0.15) is 5.10 Å². The van der Waals surface area contributed by atoms with Gasteiger partial charge in [-0.1, -0.05) is 66.2 Å². The van der Waals surface area contributed by atoms with Crippen molar-refractivity contribution >= 4 is 22.9 Å². The topological polar surface area (TPSA) is 81.9 Å². The molecule has 0 saturated heterocycles. The first-order chi connectivity index (χ1) is 17.6. The van der Waals surface area contributed by atoms with Crippen molar-refractivity contribution in [1.82, 2.24) is 19.7 Å². The molecular formula is C28H25N5O2S. The highest BCUT2D eigenvalue weighted by molar-refractivity contribution is 7.18. The van der Waals surface area contributed by atoms with E-state index in [0.29, 0.717) is 24.6 Å². The Morgan fingerprint density at radius 1 is 1.00 bits per heavy atom. The Morgan fingerprint density at radius 2 is 1.83 bits per heavy atom. The van der Waals surface area contributed by atoms with E-state index in [1.165, 1.54) is 11.9 Å². The minimum atomic E-state index is -0.131. The molecule has 0 unspecified atom stereocenters. The van der Waals surface area contributed by atoms with Crippen LogP contribution in [0.2, 0.25) is 0 Å². The second kappa shape index (κ2) is 11.0. The second-order valence-corrected chi connectivity index (χ2v) is 9.29. The van der Waals surface area contributed by atoms with Gasteiger partial charge in [0.25, 0.3) is 0 Å². The molecule has 2 heterocycles. The number of aromatic nitrogens is 4. The molecule has 0 aliphatic carbocycles. The van der Waals surface area contributed by atoms with Crippen LogP contribution in [0.1, 0.15) is 11.3 Å². The van der Waals surface area contributed by atoms with Crippen LogP contribution in [-0.2, 0) is 17.8 Å². The molecule has 7 nitrogen and oxygen atoms in total. The van der Waals surface area contributed by atoms with Crippen molar-refractivity contribution in [2.75, 3.05) is 11.9 Å². The summed E-state index contributed by atoms with van der Waals surface area (Å²) in [7, 11) is 0. The van der Waals surface area contributed by atoms with Crippen LogP contribution >= 0.6 is 11.3 Å². The van der Waals surface area contributed by atoms with Gasteiger partial charge in [-0.25, -0.2) is 14.6 Å². The van der Waals surface area contributed by atoms with Gasteiger partial charge in [0.1, 0.15) is 30.0 Å². The number of hydrogen-bond donors (Lipinski definition) is 1. The van der Waals surface area contributed by atoms with Crippen molar-refractivity contribution in [1.29, 1.82) is 0 Å². The zero-order valence-corrected chi connectivity index (χ0v) is 20.6. The summed E-state index contributed by atoms with van der Waals surface area (Å²) in [6.07, 6.45) is 3.31. The zero-order valence-electron chi connectivity index (χ0n) is 19.8. The lowest BCUT2D eigenvalue weighted by Gasteiger charge is -2.09. The summed E-state index contributed by atoms with van der Waals surface area (Å²) in [5, 5.41) is 7.95. The Morgan fingerprint density at radius 3 is 2.61 bits per heavy atom. The lowest BCUT2D eigenvalue weighted by Crippen LogP contribution is -2.15. The molecule has 0 saturated carbocycles. The SMILES string of the molecule is Cc1ccc(-c2sc(-c3ccccc3)nc2CC(=O)Nc2cccc(OCCn3cncn3)c2)cc1. The Balaban J connectivity index is 1.30. The molecule has 5 rings (SSSR count). The van der Waals surface area contributed by atoms with E-state index in [-0.39, 0.29) is 12.3 Å². The van der Waals surface area contributed by atoms with E-state index in [1.807, 2.05) is 54.6 Å². The summed E-state index contributed by atoms with van der Waals surface area (Å²) in [5.74, 6) is 0.543. The van der Waals surface area contributed by atoms with Crippen LogP contribution in [0.4, 0.5) is 5.69 Å². The highest BCUT2D eigenvalue weighted by Gasteiger charge is 2.17. The number of aryl methyl sites for hydroxylation is 1. The first kappa shape index (κ1) is 23.4. The molecule has 5 aromatic rings. The smallest absolute Gasteiger partial charge is 0.230 e. The van der Waals surface area contributed by atoms with Crippen LogP contribution in [0.25, 0.3) is 21.0 Å². The average molecular weight is 496 g/mol. The molecule has 1 amide bonds. The summed E-state index contributed by atoms with van der Waals surface area (Å²) < 4.78 is 7.51. The normalized spacial score (nSPS) is 10.8. The van der Waals surface area contributed by atoms with Crippen molar-refractivity contribution in [3.8, 4) is 26.8 Å². The third kappa shape index (κ3) is 5.84. The first-order valence-electron chi connectivity index (χ1n) is 11.6. The number of ether oxygens (including phenoxy) is 1. The predicted molar refractivity (Wildman–Crippen MR) is 142 cm³/mol. The van der Waals surface area contributed by atoms with Gasteiger partial charge in [0.05, 0.1) is 23.5 Å². The van der Waals surface area contributed by atoms with E-state index in [1.54, 1.807) is 22.3 Å². The largest absolute Gasteiger partial charge is 0.492 e. The Kier molecular flexibility index (Phi) is 7.14. The molecule has 2 aromatic heterocycles. The van der Waals surface area contributed by atoms with E-state index >= 15 is 0 Å². The summed E-state index contributed by atoms with van der Waals surface area (Å²) in [4.78, 5) is 22.8. The van der Waals surface area contributed by atoms with Gasteiger partial charge in [-0.15, -0.1) is 11.3 Å². The van der Waals surface area contributed by atoms with E-state index in [0.717, 1.165) is 26.7 Å². The molecule has 36 heavy (non-hydrogen) atoms. The lowest BCUT2D eigenvalue weighted by molar-refractivity contribution is -0.115. The molecule has 180 valence electrons. The van der Waals surface area contributed by atoms with Crippen LogP contribution in [0.5, 0.6) is 5.75 Å². The quantitative estimate of drug-likeness (QED) is 0.286. The van der Waals surface area contributed by atoms with Gasteiger partial charge in [0, 0.05) is 17.3 Å². The van der Waals surface area contributed by atoms with Crippen LogP contribution < -0.4 is 10.1 Å². The maximum absolute atomic E-state index is 13.0. The third-order valence-electron chi connectivity index (χ3n) is 5.53. The average Bonchev–Trinajstić information content (AvgIpc) is 3.56. The molecule has 0 spiro atoms. The molecular weight excluding hydrogens is 470 g/mol. The standard InChI is InChI=1S/C28H25N5O2S/c1-20-10-12-21(13-11-20)27-25(32-28(36-27)22-6-3-2-4-7-22)17-26(34)31-23-8-5-9-24(16-23)35-15-14-33-19-29-18-30-33/h2-13,16,18-19H,14-15,17H2,1H3,(H,31,34). The first-order valence-corrected chi connectivity index (χ1v) is 12.4. The summed E-state index contributed by atoms with van der Waals surface area (Å²) in [6, 6.07) is 25.8. The summed E-state index contributed by atoms with van der Waals surface area (Å²) in [6.45, 7) is 3.10. The molecule has 0 aliphatic rings. The molecule has 0 fully saturated rings. The number of amides is 1. The van der Waals surface area contributed by atoms with E-state index < -0.39 is 0 Å². The van der Waals surface area contributed by atoms with Gasteiger partial charge >= 0.3 is 0 Å². The van der Waals surface area contributed by atoms with Gasteiger partial charge in [0.15, 0.2) is 0 Å². The maximum atomic E-state index is 13.0. The van der Waals surface area contributed by atoms with E-state index in [2.05, 4.69) is 46.6 Å². The molecule has 1 N–H and O–H groups in total. The van der Waals surface area contributed by atoms with E-state index in [9.17, 15) is 4.79 Å². The molecule has 3 aromatic carbocycles. The minimum Gasteiger partial charge on any atom is -0.492 e. The van der Waals surface area contributed by atoms with Crippen molar-refractivity contribution in [3.63, 3.8) is 0 Å². The zero-order chi connectivity index (χ0) is 24.7. The number of rotatable bonds is 9. The number of anilines is 1. The number of thiazole rings is 1.